The highest BCUT2D eigenvalue weighted by Gasteiger charge is 2.11. The van der Waals surface area contributed by atoms with Crippen molar-refractivity contribution in [2.75, 3.05) is 5.43 Å². The first-order valence-electron chi connectivity index (χ1n) is 5.01. The third-order valence-electron chi connectivity index (χ3n) is 2.08. The Morgan fingerprint density at radius 1 is 1.47 bits per heavy atom. The Hall–Kier alpha value is -2.81. The van der Waals surface area contributed by atoms with Crippen LogP contribution in [0.25, 0.3) is 0 Å². The number of hydrogen-bond acceptors (Lipinski definition) is 7. The number of nitro groups is 1. The van der Waals surface area contributed by atoms with Gasteiger partial charge >= 0.3 is 0 Å². The van der Waals surface area contributed by atoms with Crippen LogP contribution < -0.4 is 16.0 Å². The van der Waals surface area contributed by atoms with Gasteiger partial charge in [-0.25, -0.2) is 10.8 Å². The topological polar surface area (TPSA) is 116 Å². The van der Waals surface area contributed by atoms with Crippen molar-refractivity contribution in [2.45, 2.75) is 0 Å². The Morgan fingerprint density at radius 3 is 2.95 bits per heavy atom. The van der Waals surface area contributed by atoms with Crippen LogP contribution in [-0.2, 0) is 0 Å². The standard InChI is InChI=1S/C10H8FN5O3/c11-8-5-13-10(15-12)14-9(8)19-7-3-1-2-6(4-7)16(17)18/h1-5H,12H2,(H,13,14,15). The number of hydrazine groups is 1. The van der Waals surface area contributed by atoms with Crippen LogP contribution in [0.3, 0.4) is 0 Å². The molecule has 2 rings (SSSR count). The number of ether oxygens (including phenoxy) is 1. The molecule has 0 radical (unpaired) electrons. The molecule has 19 heavy (non-hydrogen) atoms. The summed E-state index contributed by atoms with van der Waals surface area (Å²) in [6, 6.07) is 5.28. The molecule has 2 aromatic rings. The first kappa shape index (κ1) is 12.6. The SMILES string of the molecule is NNc1ncc(F)c(Oc2cccc([N+](=O)[O-])c2)n1. The molecule has 8 nitrogen and oxygen atoms in total. The van der Waals surface area contributed by atoms with Crippen LogP contribution in [0.1, 0.15) is 0 Å². The minimum absolute atomic E-state index is 0.0400. The smallest absolute Gasteiger partial charge is 0.273 e. The van der Waals surface area contributed by atoms with Crippen molar-refractivity contribution in [1.82, 2.24) is 9.97 Å². The molecule has 0 bridgehead atoms. The van der Waals surface area contributed by atoms with Gasteiger partial charge in [0.25, 0.3) is 11.6 Å². The molecular formula is C10H8FN5O3. The van der Waals surface area contributed by atoms with E-state index in [0.29, 0.717) is 0 Å². The lowest BCUT2D eigenvalue weighted by Gasteiger charge is -2.06. The van der Waals surface area contributed by atoms with Gasteiger partial charge in [0.2, 0.25) is 11.8 Å². The summed E-state index contributed by atoms with van der Waals surface area (Å²) in [6.07, 6.45) is 0.870. The van der Waals surface area contributed by atoms with E-state index in [9.17, 15) is 14.5 Å². The minimum Gasteiger partial charge on any atom is -0.436 e. The van der Waals surface area contributed by atoms with Crippen molar-refractivity contribution in [3.05, 3.63) is 46.4 Å². The van der Waals surface area contributed by atoms with E-state index in [4.69, 9.17) is 10.6 Å². The van der Waals surface area contributed by atoms with Crippen LogP contribution in [0.4, 0.5) is 16.0 Å². The fourth-order valence-corrected chi connectivity index (χ4v) is 1.26. The van der Waals surface area contributed by atoms with Crippen molar-refractivity contribution >= 4 is 11.6 Å². The quantitative estimate of drug-likeness (QED) is 0.490. The van der Waals surface area contributed by atoms with E-state index in [0.717, 1.165) is 12.3 Å². The molecule has 0 atom stereocenters. The number of rotatable bonds is 4. The summed E-state index contributed by atoms with van der Waals surface area (Å²) in [4.78, 5) is 17.2. The van der Waals surface area contributed by atoms with E-state index in [2.05, 4.69) is 15.4 Å². The Balaban J connectivity index is 2.30. The number of nitrogens with one attached hydrogen (secondary N) is 1. The fraction of sp³-hybridized carbons (Fsp3) is 0. The number of non-ortho nitro benzene ring substituents is 1. The maximum atomic E-state index is 13.4. The highest BCUT2D eigenvalue weighted by molar-refractivity contribution is 5.40. The molecule has 3 N–H and O–H groups in total. The Morgan fingerprint density at radius 2 is 2.26 bits per heavy atom. The van der Waals surface area contributed by atoms with Crippen LogP contribution >= 0.6 is 0 Å². The van der Waals surface area contributed by atoms with Crippen LogP contribution in [0.2, 0.25) is 0 Å². The van der Waals surface area contributed by atoms with E-state index in [-0.39, 0.29) is 23.3 Å². The van der Waals surface area contributed by atoms with Gasteiger partial charge < -0.3 is 4.74 Å². The number of benzene rings is 1. The van der Waals surface area contributed by atoms with Crippen molar-refractivity contribution in [2.24, 2.45) is 5.84 Å². The molecule has 0 unspecified atom stereocenters. The van der Waals surface area contributed by atoms with E-state index < -0.39 is 10.7 Å². The molecule has 9 heteroatoms. The Labute approximate surface area is 106 Å². The van der Waals surface area contributed by atoms with Gasteiger partial charge in [0.1, 0.15) is 5.75 Å². The molecule has 98 valence electrons. The van der Waals surface area contributed by atoms with E-state index >= 15 is 0 Å². The summed E-state index contributed by atoms with van der Waals surface area (Å²) in [6.45, 7) is 0. The maximum Gasteiger partial charge on any atom is 0.273 e. The number of anilines is 1. The largest absolute Gasteiger partial charge is 0.436 e. The molecule has 1 aromatic heterocycles. The fourth-order valence-electron chi connectivity index (χ4n) is 1.26. The average Bonchev–Trinajstić information content (AvgIpc) is 2.41. The van der Waals surface area contributed by atoms with Crippen molar-refractivity contribution in [3.8, 4) is 11.6 Å². The van der Waals surface area contributed by atoms with Crippen molar-refractivity contribution < 1.29 is 14.1 Å². The monoisotopic (exact) mass is 265 g/mol. The predicted molar refractivity (Wildman–Crippen MR) is 63.0 cm³/mol. The summed E-state index contributed by atoms with van der Waals surface area (Å²) in [5.41, 5.74) is 1.96. The Kier molecular flexibility index (Phi) is 3.48. The summed E-state index contributed by atoms with van der Waals surface area (Å²) in [5, 5.41) is 10.6. The zero-order valence-corrected chi connectivity index (χ0v) is 9.41. The number of halogens is 1. The minimum atomic E-state index is -0.814. The van der Waals surface area contributed by atoms with Gasteiger partial charge in [0.15, 0.2) is 0 Å². The third-order valence-corrected chi connectivity index (χ3v) is 2.08. The van der Waals surface area contributed by atoms with Gasteiger partial charge in [-0.05, 0) is 6.07 Å². The van der Waals surface area contributed by atoms with Gasteiger partial charge in [-0.1, -0.05) is 6.07 Å². The number of nitrogen functional groups attached to an aromatic ring is 1. The average molecular weight is 265 g/mol. The molecule has 0 saturated carbocycles. The molecule has 0 aliphatic heterocycles. The summed E-state index contributed by atoms with van der Waals surface area (Å²) in [7, 11) is 0. The van der Waals surface area contributed by atoms with Gasteiger partial charge in [-0.15, -0.1) is 0 Å². The number of nitrogens with two attached hydrogens (primary N) is 1. The predicted octanol–water partition coefficient (Wildman–Crippen LogP) is 1.60. The van der Waals surface area contributed by atoms with Crippen LogP contribution in [0, 0.1) is 15.9 Å². The second kappa shape index (κ2) is 5.23. The molecule has 0 saturated heterocycles. The van der Waals surface area contributed by atoms with Crippen molar-refractivity contribution in [1.29, 1.82) is 0 Å². The van der Waals surface area contributed by atoms with Gasteiger partial charge in [0, 0.05) is 6.07 Å². The van der Waals surface area contributed by atoms with Crippen LogP contribution in [-0.4, -0.2) is 14.9 Å². The zero-order chi connectivity index (χ0) is 13.8. The normalized spacial score (nSPS) is 10.0. The number of hydrogen-bond donors (Lipinski definition) is 2. The lowest BCUT2D eigenvalue weighted by atomic mass is 10.3. The van der Waals surface area contributed by atoms with Gasteiger partial charge in [-0.3, -0.25) is 15.5 Å². The molecule has 0 amide bonds. The summed E-state index contributed by atoms with van der Waals surface area (Å²) >= 11 is 0. The Bertz CT molecular complexity index is 622. The number of aromatic nitrogens is 2. The summed E-state index contributed by atoms with van der Waals surface area (Å²) in [5.74, 6) is 3.92. The maximum absolute atomic E-state index is 13.4. The molecule has 0 aliphatic rings. The molecule has 0 spiro atoms. The zero-order valence-electron chi connectivity index (χ0n) is 9.41. The van der Waals surface area contributed by atoms with Crippen molar-refractivity contribution in [3.63, 3.8) is 0 Å². The molecule has 0 aliphatic carbocycles. The highest BCUT2D eigenvalue weighted by Crippen LogP contribution is 2.25. The third kappa shape index (κ3) is 2.90. The number of nitro benzene ring substituents is 1. The second-order valence-corrected chi connectivity index (χ2v) is 3.35. The van der Waals surface area contributed by atoms with Crippen LogP contribution in [0.15, 0.2) is 30.5 Å². The number of nitrogens with zero attached hydrogens (tertiary/aromatic N) is 3. The first-order chi connectivity index (χ1) is 9.10. The summed E-state index contributed by atoms with van der Waals surface area (Å²) < 4.78 is 18.5. The molecular weight excluding hydrogens is 257 g/mol. The van der Waals surface area contributed by atoms with E-state index in [1.807, 2.05) is 0 Å². The lowest BCUT2D eigenvalue weighted by Crippen LogP contribution is -2.11. The first-order valence-corrected chi connectivity index (χ1v) is 5.01. The van der Waals surface area contributed by atoms with E-state index in [1.165, 1.54) is 18.2 Å². The lowest BCUT2D eigenvalue weighted by molar-refractivity contribution is -0.384. The highest BCUT2D eigenvalue weighted by atomic mass is 19.1. The molecule has 0 fully saturated rings. The molecule has 1 heterocycles. The molecule has 1 aromatic carbocycles. The van der Waals surface area contributed by atoms with Gasteiger partial charge in [-0.2, -0.15) is 9.37 Å². The van der Waals surface area contributed by atoms with E-state index in [1.54, 1.807) is 0 Å². The van der Waals surface area contributed by atoms with Gasteiger partial charge in [0.05, 0.1) is 17.2 Å². The second-order valence-electron chi connectivity index (χ2n) is 3.35. The van der Waals surface area contributed by atoms with Crippen LogP contribution in [0.5, 0.6) is 11.6 Å².